The lowest BCUT2D eigenvalue weighted by Gasteiger charge is -2.35. The number of aryl methyl sites for hydroxylation is 1. The van der Waals surface area contributed by atoms with Crippen molar-refractivity contribution >= 4 is 29.5 Å². The van der Waals surface area contributed by atoms with E-state index in [9.17, 15) is 34.4 Å². The highest BCUT2D eigenvalue weighted by molar-refractivity contribution is 5.99. The van der Waals surface area contributed by atoms with Crippen LogP contribution in [0.3, 0.4) is 0 Å². The summed E-state index contributed by atoms with van der Waals surface area (Å²) in [5.74, 6) is -2.48. The fourth-order valence-corrected chi connectivity index (χ4v) is 4.65. The summed E-state index contributed by atoms with van der Waals surface area (Å²) >= 11 is 0. The van der Waals surface area contributed by atoms with Gasteiger partial charge in [-0.25, -0.2) is 4.79 Å². The van der Waals surface area contributed by atoms with Gasteiger partial charge in [-0.2, -0.15) is 0 Å². The number of carboxylic acids is 1. The lowest BCUT2D eigenvalue weighted by atomic mass is 10.0. The Morgan fingerprint density at radius 3 is 2.36 bits per heavy atom. The zero-order valence-corrected chi connectivity index (χ0v) is 21.3. The summed E-state index contributed by atoms with van der Waals surface area (Å²) in [6.07, 6.45) is -1.92. The number of hydrogen-bond donors (Lipinski definition) is 2. The van der Waals surface area contributed by atoms with Gasteiger partial charge < -0.3 is 25.0 Å². The third-order valence-corrected chi connectivity index (χ3v) is 6.67. The zero-order chi connectivity index (χ0) is 28.1. The molecule has 0 bridgehead atoms. The van der Waals surface area contributed by atoms with Crippen molar-refractivity contribution < 1.29 is 33.9 Å². The van der Waals surface area contributed by atoms with Crippen molar-refractivity contribution in [2.45, 2.75) is 25.6 Å². The van der Waals surface area contributed by atoms with Gasteiger partial charge >= 0.3 is 12.0 Å². The molecule has 206 valence electrons. The van der Waals surface area contributed by atoms with Crippen molar-refractivity contribution in [1.82, 2.24) is 20.0 Å². The number of benzene rings is 2. The maximum Gasteiger partial charge on any atom is 0.322 e. The molecule has 39 heavy (non-hydrogen) atoms. The quantitative estimate of drug-likeness (QED) is 0.397. The molecule has 0 spiro atoms. The number of nitro groups is 1. The minimum Gasteiger partial charge on any atom is -0.481 e. The second-order valence-electron chi connectivity index (χ2n) is 9.32. The average molecular weight is 540 g/mol. The molecule has 2 fully saturated rings. The third-order valence-electron chi connectivity index (χ3n) is 6.67. The summed E-state index contributed by atoms with van der Waals surface area (Å²) in [6, 6.07) is 10.5. The van der Waals surface area contributed by atoms with E-state index in [1.54, 1.807) is 29.2 Å². The smallest absolute Gasteiger partial charge is 0.322 e. The Hall–Kier alpha value is -4.52. The Morgan fingerprint density at radius 1 is 1.05 bits per heavy atom. The van der Waals surface area contributed by atoms with Gasteiger partial charge in [-0.3, -0.25) is 29.4 Å². The number of nitrogens with zero attached hydrogens (tertiary/aromatic N) is 4. The summed E-state index contributed by atoms with van der Waals surface area (Å²) < 4.78 is 5.32. The number of amides is 4. The molecule has 2 aromatic rings. The number of rotatable bonds is 7. The second-order valence-corrected chi connectivity index (χ2v) is 9.32. The van der Waals surface area contributed by atoms with Crippen LogP contribution in [0.25, 0.3) is 0 Å². The van der Waals surface area contributed by atoms with Crippen LogP contribution in [0.5, 0.6) is 0 Å². The van der Waals surface area contributed by atoms with Crippen molar-refractivity contribution in [3.63, 3.8) is 0 Å². The Morgan fingerprint density at radius 2 is 1.72 bits per heavy atom. The number of aliphatic carboxylic acids is 1. The van der Waals surface area contributed by atoms with Gasteiger partial charge in [0.15, 0.2) is 6.17 Å². The van der Waals surface area contributed by atoms with Crippen LogP contribution < -0.4 is 5.32 Å². The molecule has 2 saturated heterocycles. The van der Waals surface area contributed by atoms with Crippen molar-refractivity contribution in [2.24, 2.45) is 0 Å². The highest BCUT2D eigenvalue weighted by Crippen LogP contribution is 2.25. The molecule has 2 atom stereocenters. The van der Waals surface area contributed by atoms with Crippen LogP contribution >= 0.6 is 0 Å². The third kappa shape index (κ3) is 6.32. The number of urea groups is 1. The van der Waals surface area contributed by atoms with Crippen molar-refractivity contribution in [3.8, 4) is 0 Å². The van der Waals surface area contributed by atoms with E-state index in [2.05, 4.69) is 5.32 Å². The van der Waals surface area contributed by atoms with Crippen LogP contribution in [0, 0.1) is 17.0 Å². The van der Waals surface area contributed by atoms with Gasteiger partial charge in [0.25, 0.3) is 17.5 Å². The molecule has 4 rings (SSSR count). The average Bonchev–Trinajstić information content (AvgIpc) is 3.38. The molecular weight excluding hydrogens is 510 g/mol. The molecule has 0 radical (unpaired) electrons. The monoisotopic (exact) mass is 539 g/mol. The predicted octanol–water partition coefficient (Wildman–Crippen LogP) is 1.77. The van der Waals surface area contributed by atoms with Gasteiger partial charge in [-0.05, 0) is 24.6 Å². The molecule has 2 N–H and O–H groups in total. The molecule has 2 aliphatic rings. The fraction of sp³-hybridized carbons (Fsp3) is 0.385. The topological polar surface area (TPSA) is 163 Å². The minimum absolute atomic E-state index is 0.0846. The van der Waals surface area contributed by atoms with Gasteiger partial charge in [0.1, 0.15) is 0 Å². The number of non-ortho nitro benzene ring substituents is 1. The number of carbonyl (C=O) groups is 4. The highest BCUT2D eigenvalue weighted by atomic mass is 16.6. The molecule has 2 aromatic carbocycles. The number of ether oxygens (including phenoxy) is 1. The number of nitro benzene ring substituents is 1. The van der Waals surface area contributed by atoms with E-state index in [1.807, 2.05) is 6.92 Å². The molecule has 2 unspecified atom stereocenters. The Labute approximate surface area is 224 Å². The van der Waals surface area contributed by atoms with E-state index >= 15 is 0 Å². The summed E-state index contributed by atoms with van der Waals surface area (Å²) in [5, 5.41) is 23.4. The molecule has 0 saturated carbocycles. The van der Waals surface area contributed by atoms with Gasteiger partial charge in [0.05, 0.1) is 30.6 Å². The first-order chi connectivity index (χ1) is 18.7. The second kappa shape index (κ2) is 11.9. The van der Waals surface area contributed by atoms with Crippen LogP contribution in [-0.4, -0.2) is 94.1 Å². The molecule has 4 amide bonds. The van der Waals surface area contributed by atoms with E-state index in [0.717, 1.165) is 5.56 Å². The van der Waals surface area contributed by atoms with Crippen molar-refractivity contribution in [2.75, 3.05) is 39.4 Å². The molecule has 0 aromatic heterocycles. The summed E-state index contributed by atoms with van der Waals surface area (Å²) in [5.41, 5.74) is 1.22. The van der Waals surface area contributed by atoms with Crippen LogP contribution in [0.2, 0.25) is 0 Å². The Balaban J connectivity index is 1.65. The van der Waals surface area contributed by atoms with E-state index in [4.69, 9.17) is 4.74 Å². The minimum atomic E-state index is -1.36. The fourth-order valence-electron chi connectivity index (χ4n) is 4.65. The molecule has 13 heteroatoms. The summed E-state index contributed by atoms with van der Waals surface area (Å²) in [7, 11) is 0. The van der Waals surface area contributed by atoms with Gasteiger partial charge in [0, 0.05) is 43.9 Å². The number of hydrogen-bond acceptors (Lipinski definition) is 7. The van der Waals surface area contributed by atoms with Crippen molar-refractivity contribution in [1.29, 1.82) is 0 Å². The lowest BCUT2D eigenvalue weighted by molar-refractivity contribution is -0.384. The molecule has 2 heterocycles. The largest absolute Gasteiger partial charge is 0.481 e. The standard InChI is InChI=1S/C26H29N5O8/c1-17-5-7-18(8-6-17)25(35)29-9-10-30(26(36)28-11-13-39-14-12-28)24(29)23(34)27-21(16-22(32)33)19-3-2-4-20(15-19)31(37)38/h2-8,15,21,24H,9-14,16H2,1H3,(H,27,34)(H,32,33). The summed E-state index contributed by atoms with van der Waals surface area (Å²) in [6.45, 7) is 3.38. The van der Waals surface area contributed by atoms with E-state index in [1.165, 1.54) is 34.1 Å². The lowest BCUT2D eigenvalue weighted by Crippen LogP contribution is -2.57. The first-order valence-electron chi connectivity index (χ1n) is 12.4. The number of carbonyl (C=O) groups excluding carboxylic acids is 3. The molecular formula is C26H29N5O8. The SMILES string of the molecule is Cc1ccc(C(=O)N2CCN(C(=O)N3CCOCC3)C2C(=O)NC(CC(=O)O)c2cccc([N+](=O)[O-])c2)cc1. The first kappa shape index (κ1) is 27.5. The number of carboxylic acid groups (broad SMARTS) is 1. The Bertz CT molecular complexity index is 1260. The number of nitrogens with one attached hydrogen (secondary N) is 1. The van der Waals surface area contributed by atoms with Crippen LogP contribution in [-0.2, 0) is 14.3 Å². The van der Waals surface area contributed by atoms with Gasteiger partial charge in [-0.1, -0.05) is 29.8 Å². The summed E-state index contributed by atoms with van der Waals surface area (Å²) in [4.78, 5) is 67.1. The molecule has 2 aliphatic heterocycles. The van der Waals surface area contributed by atoms with Crippen LogP contribution in [0.4, 0.5) is 10.5 Å². The molecule has 0 aliphatic carbocycles. The van der Waals surface area contributed by atoms with Gasteiger partial charge in [0.2, 0.25) is 0 Å². The Kier molecular flexibility index (Phi) is 8.39. The predicted molar refractivity (Wildman–Crippen MR) is 137 cm³/mol. The number of morpholine rings is 1. The van der Waals surface area contributed by atoms with Crippen LogP contribution in [0.15, 0.2) is 48.5 Å². The van der Waals surface area contributed by atoms with Crippen LogP contribution in [0.1, 0.15) is 33.9 Å². The highest BCUT2D eigenvalue weighted by Gasteiger charge is 2.45. The van der Waals surface area contributed by atoms with E-state index in [0.29, 0.717) is 31.9 Å². The van der Waals surface area contributed by atoms with E-state index < -0.39 is 47.4 Å². The molecule has 13 nitrogen and oxygen atoms in total. The van der Waals surface area contributed by atoms with Gasteiger partial charge in [-0.15, -0.1) is 0 Å². The maximum absolute atomic E-state index is 13.8. The normalized spacial score (nSPS) is 18.0. The first-order valence-corrected chi connectivity index (χ1v) is 12.4. The zero-order valence-electron chi connectivity index (χ0n) is 21.3. The van der Waals surface area contributed by atoms with Crippen molar-refractivity contribution in [3.05, 3.63) is 75.3 Å². The maximum atomic E-state index is 13.8. The van der Waals surface area contributed by atoms with E-state index in [-0.39, 0.29) is 24.3 Å².